The summed E-state index contributed by atoms with van der Waals surface area (Å²) in [5, 5.41) is 3.19. The van der Waals surface area contributed by atoms with Crippen molar-refractivity contribution in [1.29, 1.82) is 0 Å². The molecule has 0 aliphatic heterocycles. The van der Waals surface area contributed by atoms with Gasteiger partial charge in [0, 0.05) is 5.92 Å². The molecule has 0 fully saturated rings. The van der Waals surface area contributed by atoms with E-state index in [1.807, 2.05) is 54.6 Å². The van der Waals surface area contributed by atoms with Gasteiger partial charge >= 0.3 is 6.09 Å². The monoisotopic (exact) mass is 505 g/mol. The highest BCUT2D eigenvalue weighted by molar-refractivity contribution is 7.80. The van der Waals surface area contributed by atoms with Crippen LogP contribution in [0.3, 0.4) is 0 Å². The van der Waals surface area contributed by atoms with Crippen LogP contribution >= 0.6 is 12.2 Å². The number of rotatable bonds is 9. The average molecular weight is 506 g/mol. The van der Waals surface area contributed by atoms with Crippen LogP contribution in [0.15, 0.2) is 78.9 Å². The highest BCUT2D eigenvalue weighted by atomic mass is 32.1. The fourth-order valence-electron chi connectivity index (χ4n) is 4.19. The van der Waals surface area contributed by atoms with Crippen molar-refractivity contribution in [3.8, 4) is 11.1 Å². The van der Waals surface area contributed by atoms with Gasteiger partial charge in [0.15, 0.2) is 5.05 Å². The number of thiocarbonyl (C=S) groups is 1. The second-order valence-corrected chi connectivity index (χ2v) is 14.4. The van der Waals surface area contributed by atoms with Crippen molar-refractivity contribution in [3.63, 3.8) is 0 Å². The lowest BCUT2D eigenvalue weighted by molar-refractivity contribution is 0.100. The molecule has 1 amide bonds. The minimum absolute atomic E-state index is 0.00823. The smallest absolute Gasteiger partial charge is 0.407 e. The summed E-state index contributed by atoms with van der Waals surface area (Å²) >= 11 is 5.53. The van der Waals surface area contributed by atoms with Crippen LogP contribution in [-0.4, -0.2) is 38.7 Å². The third-order valence-electron chi connectivity index (χ3n) is 5.72. The lowest BCUT2D eigenvalue weighted by atomic mass is 9.98. The van der Waals surface area contributed by atoms with Gasteiger partial charge in [-0.15, -0.1) is 0 Å². The van der Waals surface area contributed by atoms with E-state index in [9.17, 15) is 4.79 Å². The molecule has 0 radical (unpaired) electrons. The van der Waals surface area contributed by atoms with Crippen LogP contribution < -0.4 is 5.32 Å². The third kappa shape index (κ3) is 6.57. The summed E-state index contributed by atoms with van der Waals surface area (Å²) in [6, 6.07) is 25.8. The van der Waals surface area contributed by atoms with Crippen LogP contribution in [0, 0.1) is 0 Å². The van der Waals surface area contributed by atoms with Crippen LogP contribution in [0.5, 0.6) is 0 Å². The minimum Gasteiger partial charge on any atom is -0.538 e. The number of nitrogens with one attached hydrogen (secondary N) is 1. The van der Waals surface area contributed by atoms with Gasteiger partial charge in [0.2, 0.25) is 8.32 Å². The molecule has 0 aromatic heterocycles. The van der Waals surface area contributed by atoms with E-state index in [-0.39, 0.29) is 19.1 Å². The quantitative estimate of drug-likeness (QED) is 0.274. The lowest BCUT2D eigenvalue weighted by Crippen LogP contribution is -2.47. The largest absolute Gasteiger partial charge is 0.538 e. The van der Waals surface area contributed by atoms with Gasteiger partial charge < -0.3 is 19.2 Å². The summed E-state index contributed by atoms with van der Waals surface area (Å²) in [6.45, 7) is 7.00. The summed E-state index contributed by atoms with van der Waals surface area (Å²) in [5.41, 5.74) is 5.76. The van der Waals surface area contributed by atoms with Gasteiger partial charge in [-0.3, -0.25) is 0 Å². The van der Waals surface area contributed by atoms with Crippen molar-refractivity contribution in [3.05, 3.63) is 95.6 Å². The van der Waals surface area contributed by atoms with E-state index in [0.29, 0.717) is 11.7 Å². The van der Waals surface area contributed by atoms with Crippen LogP contribution in [0.2, 0.25) is 19.6 Å². The van der Waals surface area contributed by atoms with E-state index in [1.54, 1.807) is 0 Å². The maximum absolute atomic E-state index is 12.8. The van der Waals surface area contributed by atoms with Crippen LogP contribution in [0.1, 0.15) is 22.6 Å². The number of fused-ring (bicyclic) bond motifs is 3. The predicted octanol–water partition coefficient (Wildman–Crippen LogP) is 6.29. The molecule has 182 valence electrons. The lowest BCUT2D eigenvalue weighted by Gasteiger charge is -2.26. The molecule has 0 spiro atoms. The first-order valence-corrected chi connectivity index (χ1v) is 15.6. The van der Waals surface area contributed by atoms with Crippen molar-refractivity contribution in [1.82, 2.24) is 5.32 Å². The summed E-state index contributed by atoms with van der Waals surface area (Å²) < 4.78 is 17.6. The fourth-order valence-corrected chi connectivity index (χ4v) is 5.82. The molecular formula is C28H31NO4SSi. The van der Waals surface area contributed by atoms with E-state index >= 15 is 0 Å². The first-order chi connectivity index (χ1) is 16.8. The molecule has 1 aliphatic rings. The number of benzene rings is 3. The fraction of sp³-hybridized carbons (Fsp3) is 0.286. The van der Waals surface area contributed by atoms with Crippen LogP contribution in [-0.2, 0) is 20.5 Å². The second kappa shape index (κ2) is 11.2. The molecule has 5 nitrogen and oxygen atoms in total. The number of ether oxygens (including phenoxy) is 2. The highest BCUT2D eigenvalue weighted by Crippen LogP contribution is 2.44. The van der Waals surface area contributed by atoms with E-state index in [4.69, 9.17) is 26.1 Å². The third-order valence-corrected chi connectivity index (χ3v) is 7.07. The standard InChI is InChI=1S/C28H31NO4SSi/c1-35(2,3)33-27(34)26(19-31-17-20-11-5-4-6-12-20)29-28(30)32-18-25-23-15-9-7-13-21(23)22-14-8-10-16-24(22)25/h4-16,25-26H,17-19H2,1-3H3,(H,29,30). The summed E-state index contributed by atoms with van der Waals surface area (Å²) in [4.78, 5) is 12.8. The SMILES string of the molecule is C[Si](C)(C)OC(=S)C(COCc1ccccc1)NC(=O)OCC1c2ccccc2-c2ccccc21. The van der Waals surface area contributed by atoms with Crippen molar-refractivity contribution in [2.75, 3.05) is 13.2 Å². The minimum atomic E-state index is -1.95. The van der Waals surface area contributed by atoms with Gasteiger partial charge in [-0.25, -0.2) is 4.79 Å². The molecule has 0 heterocycles. The van der Waals surface area contributed by atoms with Crippen LogP contribution in [0.25, 0.3) is 11.1 Å². The number of amides is 1. The van der Waals surface area contributed by atoms with Crippen molar-refractivity contribution in [2.45, 2.75) is 38.2 Å². The Bertz CT molecular complexity index is 1130. The zero-order valence-corrected chi connectivity index (χ0v) is 22.1. The first-order valence-electron chi connectivity index (χ1n) is 11.8. The molecule has 1 N–H and O–H groups in total. The van der Waals surface area contributed by atoms with Crippen LogP contribution in [0.4, 0.5) is 4.79 Å². The Hall–Kier alpha value is -3.00. The summed E-state index contributed by atoms with van der Waals surface area (Å²) in [6.07, 6.45) is -0.540. The Balaban J connectivity index is 1.39. The Labute approximate surface area is 213 Å². The average Bonchev–Trinajstić information content (AvgIpc) is 3.15. The normalized spacial score (nSPS) is 13.5. The summed E-state index contributed by atoms with van der Waals surface area (Å²) in [7, 11) is -1.95. The predicted molar refractivity (Wildman–Crippen MR) is 145 cm³/mol. The number of hydrogen-bond donors (Lipinski definition) is 1. The Morgan fingerprint density at radius 2 is 1.49 bits per heavy atom. The Kier molecular flexibility index (Phi) is 8.00. The molecule has 4 rings (SSSR count). The van der Waals surface area contributed by atoms with E-state index in [0.717, 1.165) is 5.56 Å². The number of alkyl carbamates (subject to hydrolysis) is 1. The van der Waals surface area contributed by atoms with Crippen molar-refractivity contribution < 1.29 is 18.7 Å². The molecular weight excluding hydrogens is 474 g/mol. The molecule has 1 aliphatic carbocycles. The molecule has 3 aromatic rings. The Morgan fingerprint density at radius 1 is 0.914 bits per heavy atom. The van der Waals surface area contributed by atoms with Gasteiger partial charge in [0.25, 0.3) is 0 Å². The molecule has 0 bridgehead atoms. The zero-order chi connectivity index (χ0) is 24.8. The van der Waals surface area contributed by atoms with E-state index in [1.165, 1.54) is 22.3 Å². The topological polar surface area (TPSA) is 56.8 Å². The maximum Gasteiger partial charge on any atom is 0.407 e. The van der Waals surface area contributed by atoms with E-state index in [2.05, 4.69) is 49.2 Å². The number of hydrogen-bond acceptors (Lipinski definition) is 5. The zero-order valence-electron chi connectivity index (χ0n) is 20.3. The molecule has 0 saturated carbocycles. The number of carbonyl (C=O) groups excluding carboxylic acids is 1. The molecule has 35 heavy (non-hydrogen) atoms. The van der Waals surface area contributed by atoms with Crippen molar-refractivity contribution >= 4 is 31.7 Å². The molecule has 7 heteroatoms. The van der Waals surface area contributed by atoms with Gasteiger partial charge in [0.1, 0.15) is 12.6 Å². The highest BCUT2D eigenvalue weighted by Gasteiger charge is 2.30. The maximum atomic E-state index is 12.8. The van der Waals surface area contributed by atoms with Gasteiger partial charge in [-0.05, 0) is 59.7 Å². The molecule has 3 aromatic carbocycles. The molecule has 0 saturated heterocycles. The van der Waals surface area contributed by atoms with Crippen molar-refractivity contribution in [2.24, 2.45) is 0 Å². The molecule has 1 unspecified atom stereocenters. The Morgan fingerprint density at radius 3 is 2.09 bits per heavy atom. The second-order valence-electron chi connectivity index (χ2n) is 9.56. The first kappa shape index (κ1) is 25.1. The van der Waals surface area contributed by atoms with Gasteiger partial charge in [0.05, 0.1) is 13.2 Å². The summed E-state index contributed by atoms with van der Waals surface area (Å²) in [5.74, 6) is -0.00823. The molecule has 1 atom stereocenters. The number of carbonyl (C=O) groups is 1. The van der Waals surface area contributed by atoms with E-state index < -0.39 is 20.5 Å². The van der Waals surface area contributed by atoms with Gasteiger partial charge in [-0.2, -0.15) is 0 Å². The van der Waals surface area contributed by atoms with Gasteiger partial charge in [-0.1, -0.05) is 78.9 Å².